The standard InChI is InChI=1S/C17H21N3O2/c1-11-16(13-6-2-3-7-14(13)19-11)15(21)10-20-8-4-5-12(9-20)17(18)22/h2-3,6-7,12,19H,4-5,8-10H2,1H3,(H2,18,22)/t12-/m1/s1. The number of ketones is 1. The Morgan fingerprint density at radius 2 is 2.14 bits per heavy atom. The van der Waals surface area contributed by atoms with Gasteiger partial charge in [0, 0.05) is 28.7 Å². The zero-order valence-electron chi connectivity index (χ0n) is 12.8. The fourth-order valence-electron chi connectivity index (χ4n) is 3.35. The van der Waals surface area contributed by atoms with Gasteiger partial charge in [0.25, 0.3) is 0 Å². The molecule has 0 saturated carbocycles. The van der Waals surface area contributed by atoms with E-state index in [1.807, 2.05) is 36.1 Å². The molecule has 1 amide bonds. The van der Waals surface area contributed by atoms with Gasteiger partial charge in [0.05, 0.1) is 12.5 Å². The maximum absolute atomic E-state index is 12.7. The second-order valence-electron chi connectivity index (χ2n) is 6.07. The highest BCUT2D eigenvalue weighted by Crippen LogP contribution is 2.23. The molecule has 1 aliphatic rings. The zero-order valence-corrected chi connectivity index (χ0v) is 12.8. The highest BCUT2D eigenvalue weighted by atomic mass is 16.1. The van der Waals surface area contributed by atoms with Gasteiger partial charge in [-0.25, -0.2) is 0 Å². The number of aromatic nitrogens is 1. The first-order valence-electron chi connectivity index (χ1n) is 7.68. The van der Waals surface area contributed by atoms with Gasteiger partial charge >= 0.3 is 0 Å². The number of hydrogen-bond donors (Lipinski definition) is 2. The third kappa shape index (κ3) is 2.76. The zero-order chi connectivity index (χ0) is 15.7. The van der Waals surface area contributed by atoms with Crippen LogP contribution in [0.5, 0.6) is 0 Å². The van der Waals surface area contributed by atoms with Crippen LogP contribution < -0.4 is 5.73 Å². The van der Waals surface area contributed by atoms with Crippen molar-refractivity contribution in [3.05, 3.63) is 35.5 Å². The van der Waals surface area contributed by atoms with Gasteiger partial charge in [0.15, 0.2) is 5.78 Å². The maximum atomic E-state index is 12.7. The van der Waals surface area contributed by atoms with Gasteiger partial charge in [-0.2, -0.15) is 0 Å². The van der Waals surface area contributed by atoms with Crippen LogP contribution in [0.1, 0.15) is 28.9 Å². The van der Waals surface area contributed by atoms with Gasteiger partial charge in [0.2, 0.25) is 5.91 Å². The summed E-state index contributed by atoms with van der Waals surface area (Å²) in [4.78, 5) is 29.4. The van der Waals surface area contributed by atoms with E-state index in [1.54, 1.807) is 0 Å². The van der Waals surface area contributed by atoms with E-state index < -0.39 is 0 Å². The van der Waals surface area contributed by atoms with Crippen LogP contribution in [0.3, 0.4) is 0 Å². The van der Waals surface area contributed by atoms with Crippen molar-refractivity contribution in [2.24, 2.45) is 11.7 Å². The van der Waals surface area contributed by atoms with Gasteiger partial charge < -0.3 is 10.7 Å². The van der Waals surface area contributed by atoms with E-state index >= 15 is 0 Å². The van der Waals surface area contributed by atoms with Gasteiger partial charge in [-0.1, -0.05) is 18.2 Å². The number of amides is 1. The highest BCUT2D eigenvalue weighted by Gasteiger charge is 2.26. The smallest absolute Gasteiger partial charge is 0.221 e. The van der Waals surface area contributed by atoms with Crippen molar-refractivity contribution < 1.29 is 9.59 Å². The average Bonchev–Trinajstić information content (AvgIpc) is 2.83. The Morgan fingerprint density at radius 3 is 2.91 bits per heavy atom. The third-order valence-corrected chi connectivity index (χ3v) is 4.45. The van der Waals surface area contributed by atoms with Crippen LogP contribution in [0.15, 0.2) is 24.3 Å². The molecule has 0 radical (unpaired) electrons. The first kappa shape index (κ1) is 14.8. The second kappa shape index (κ2) is 5.93. The number of Topliss-reactive ketones (excluding diaryl/α,β-unsaturated/α-hetero) is 1. The van der Waals surface area contributed by atoms with Crippen molar-refractivity contribution in [2.45, 2.75) is 19.8 Å². The van der Waals surface area contributed by atoms with Crippen LogP contribution in [0.25, 0.3) is 10.9 Å². The van der Waals surface area contributed by atoms with E-state index in [-0.39, 0.29) is 17.6 Å². The van der Waals surface area contributed by atoms with Crippen molar-refractivity contribution in [1.82, 2.24) is 9.88 Å². The molecule has 116 valence electrons. The topological polar surface area (TPSA) is 79.2 Å². The number of fused-ring (bicyclic) bond motifs is 1. The number of piperidine rings is 1. The molecule has 0 unspecified atom stereocenters. The summed E-state index contributed by atoms with van der Waals surface area (Å²) in [6.07, 6.45) is 1.74. The van der Waals surface area contributed by atoms with E-state index in [9.17, 15) is 9.59 Å². The number of nitrogens with one attached hydrogen (secondary N) is 1. The number of rotatable bonds is 4. The summed E-state index contributed by atoms with van der Waals surface area (Å²) in [6, 6.07) is 7.84. The Kier molecular flexibility index (Phi) is 3.98. The van der Waals surface area contributed by atoms with E-state index in [0.717, 1.165) is 41.5 Å². The van der Waals surface area contributed by atoms with E-state index in [4.69, 9.17) is 5.73 Å². The minimum absolute atomic E-state index is 0.0973. The van der Waals surface area contributed by atoms with Gasteiger partial charge in [-0.3, -0.25) is 14.5 Å². The third-order valence-electron chi connectivity index (χ3n) is 4.45. The summed E-state index contributed by atoms with van der Waals surface area (Å²) in [5.41, 5.74) is 8.04. The van der Waals surface area contributed by atoms with E-state index in [2.05, 4.69) is 4.98 Å². The molecule has 1 fully saturated rings. The fourth-order valence-corrected chi connectivity index (χ4v) is 3.35. The Balaban J connectivity index is 1.79. The molecule has 1 saturated heterocycles. The van der Waals surface area contributed by atoms with Crippen LogP contribution in [-0.2, 0) is 4.79 Å². The minimum Gasteiger partial charge on any atom is -0.369 e. The number of aromatic amines is 1. The number of carbonyl (C=O) groups is 2. The summed E-state index contributed by atoms with van der Waals surface area (Å²) in [7, 11) is 0. The van der Waals surface area contributed by atoms with Gasteiger partial charge in [0.1, 0.15) is 0 Å². The molecule has 3 rings (SSSR count). The van der Waals surface area contributed by atoms with E-state index in [0.29, 0.717) is 13.1 Å². The molecular weight excluding hydrogens is 278 g/mol. The van der Waals surface area contributed by atoms with Crippen LogP contribution in [0, 0.1) is 12.8 Å². The molecule has 3 N–H and O–H groups in total. The van der Waals surface area contributed by atoms with Crippen molar-refractivity contribution >= 4 is 22.6 Å². The Bertz CT molecular complexity index is 720. The number of nitrogens with zero attached hydrogens (tertiary/aromatic N) is 1. The Hall–Kier alpha value is -2.14. The summed E-state index contributed by atoms with van der Waals surface area (Å²) in [5.74, 6) is -0.300. The minimum atomic E-state index is -0.263. The number of benzene rings is 1. The molecule has 1 aromatic heterocycles. The number of aryl methyl sites for hydroxylation is 1. The highest BCUT2D eigenvalue weighted by molar-refractivity contribution is 6.10. The molecule has 5 heteroatoms. The largest absolute Gasteiger partial charge is 0.369 e. The maximum Gasteiger partial charge on any atom is 0.221 e. The number of primary amides is 1. The second-order valence-corrected chi connectivity index (χ2v) is 6.07. The number of likely N-dealkylation sites (tertiary alicyclic amines) is 1. The SMILES string of the molecule is Cc1[nH]c2ccccc2c1C(=O)CN1CCC[C@@H](C(N)=O)C1. The molecule has 0 aliphatic carbocycles. The fraction of sp³-hybridized carbons (Fsp3) is 0.412. The number of para-hydroxylation sites is 1. The van der Waals surface area contributed by atoms with E-state index in [1.165, 1.54) is 0 Å². The van der Waals surface area contributed by atoms with Gasteiger partial charge in [-0.05, 0) is 32.4 Å². The summed E-state index contributed by atoms with van der Waals surface area (Å²) < 4.78 is 0. The monoisotopic (exact) mass is 299 g/mol. The summed E-state index contributed by atoms with van der Waals surface area (Å²) >= 11 is 0. The molecule has 0 bridgehead atoms. The van der Waals surface area contributed by atoms with Crippen molar-refractivity contribution in [3.8, 4) is 0 Å². The number of H-pyrrole nitrogens is 1. The van der Waals surface area contributed by atoms with Crippen LogP contribution in [0.4, 0.5) is 0 Å². The number of hydrogen-bond acceptors (Lipinski definition) is 3. The Labute approximate surface area is 129 Å². The quantitative estimate of drug-likeness (QED) is 0.846. The van der Waals surface area contributed by atoms with Crippen molar-refractivity contribution in [3.63, 3.8) is 0 Å². The molecule has 1 aliphatic heterocycles. The lowest BCUT2D eigenvalue weighted by atomic mass is 9.96. The molecular formula is C17H21N3O2. The lowest BCUT2D eigenvalue weighted by Crippen LogP contribution is -2.43. The molecule has 2 aromatic rings. The van der Waals surface area contributed by atoms with Crippen molar-refractivity contribution in [2.75, 3.05) is 19.6 Å². The molecule has 2 heterocycles. The lowest BCUT2D eigenvalue weighted by Gasteiger charge is -2.30. The normalized spacial score (nSPS) is 19.4. The molecule has 5 nitrogen and oxygen atoms in total. The summed E-state index contributed by atoms with van der Waals surface area (Å²) in [5, 5.41) is 0.966. The Morgan fingerprint density at radius 1 is 1.36 bits per heavy atom. The molecule has 22 heavy (non-hydrogen) atoms. The average molecular weight is 299 g/mol. The lowest BCUT2D eigenvalue weighted by molar-refractivity contribution is -0.123. The van der Waals surface area contributed by atoms with Crippen LogP contribution >= 0.6 is 0 Å². The number of nitrogens with two attached hydrogens (primary N) is 1. The van der Waals surface area contributed by atoms with Crippen LogP contribution in [0.2, 0.25) is 0 Å². The predicted molar refractivity (Wildman–Crippen MR) is 85.7 cm³/mol. The first-order chi connectivity index (χ1) is 10.6. The first-order valence-corrected chi connectivity index (χ1v) is 7.68. The van der Waals surface area contributed by atoms with Crippen molar-refractivity contribution in [1.29, 1.82) is 0 Å². The predicted octanol–water partition coefficient (Wildman–Crippen LogP) is 1.86. The molecule has 1 aromatic carbocycles. The summed E-state index contributed by atoms with van der Waals surface area (Å²) in [6.45, 7) is 3.70. The molecule has 0 spiro atoms. The van der Waals surface area contributed by atoms with Crippen LogP contribution in [-0.4, -0.2) is 41.2 Å². The van der Waals surface area contributed by atoms with Gasteiger partial charge in [-0.15, -0.1) is 0 Å². The molecule has 1 atom stereocenters. The number of carbonyl (C=O) groups excluding carboxylic acids is 2.